The molecule has 1 heterocycles. The van der Waals surface area contributed by atoms with Crippen LogP contribution in [0, 0.1) is 0 Å². The minimum atomic E-state index is -3.79. The molecule has 1 N–H and O–H groups in total. The highest BCUT2D eigenvalue weighted by Crippen LogP contribution is 2.40. The van der Waals surface area contributed by atoms with Crippen LogP contribution in [0.25, 0.3) is 11.1 Å². The summed E-state index contributed by atoms with van der Waals surface area (Å²) < 4.78 is 33.1. The summed E-state index contributed by atoms with van der Waals surface area (Å²) in [5, 5.41) is 9.74. The van der Waals surface area contributed by atoms with Crippen LogP contribution in [0.2, 0.25) is 0 Å². The average molecular weight is 476 g/mol. The third kappa shape index (κ3) is 4.40. The Morgan fingerprint density at radius 1 is 1.09 bits per heavy atom. The van der Waals surface area contributed by atoms with E-state index in [-0.39, 0.29) is 29.1 Å². The molecule has 1 atom stereocenters. The van der Waals surface area contributed by atoms with E-state index in [9.17, 15) is 23.1 Å². The predicted molar refractivity (Wildman–Crippen MR) is 127 cm³/mol. The number of sulfonamides is 1. The van der Waals surface area contributed by atoms with E-state index >= 15 is 0 Å². The van der Waals surface area contributed by atoms with Crippen molar-refractivity contribution in [2.75, 3.05) is 36.5 Å². The number of anilines is 2. The Labute approximate surface area is 194 Å². The normalized spacial score (nSPS) is 16.0. The van der Waals surface area contributed by atoms with Crippen molar-refractivity contribution in [3.8, 4) is 16.9 Å². The largest absolute Gasteiger partial charge is 0.495 e. The number of methoxy groups -OCH3 is 1. The maximum atomic E-state index is 13.2. The van der Waals surface area contributed by atoms with Gasteiger partial charge in [-0.25, -0.2) is 13.2 Å². The molecule has 10 heteroatoms. The molecule has 0 bridgehead atoms. The predicted octanol–water partition coefficient (Wildman–Crippen LogP) is 3.63. The molecule has 0 unspecified atom stereocenters. The lowest BCUT2D eigenvalue weighted by Crippen LogP contribution is -2.51. The Hall–Kier alpha value is -3.11. The summed E-state index contributed by atoms with van der Waals surface area (Å²) in [4.78, 5) is 27.0. The molecular weight excluding hydrogens is 446 g/mol. The summed E-state index contributed by atoms with van der Waals surface area (Å²) in [6, 6.07) is 9.64. The number of nitrogens with zero attached hydrogens (tertiary/aromatic N) is 3. The number of hydrogen-bond donors (Lipinski definition) is 1. The Balaban J connectivity index is 2.18. The number of amides is 2. The van der Waals surface area contributed by atoms with Gasteiger partial charge in [-0.05, 0) is 42.3 Å². The number of ether oxygens (including phenoxy) is 1. The second-order valence-corrected chi connectivity index (χ2v) is 9.70. The first kappa shape index (κ1) is 24.5. The van der Waals surface area contributed by atoms with Crippen molar-refractivity contribution >= 4 is 33.4 Å². The van der Waals surface area contributed by atoms with Gasteiger partial charge >= 0.3 is 6.09 Å². The molecule has 0 spiro atoms. The number of fused-ring (bicyclic) bond motifs is 1. The van der Waals surface area contributed by atoms with Crippen molar-refractivity contribution in [1.82, 2.24) is 4.31 Å². The van der Waals surface area contributed by atoms with Gasteiger partial charge in [0.1, 0.15) is 10.6 Å². The molecule has 33 heavy (non-hydrogen) atoms. The second kappa shape index (κ2) is 9.40. The maximum Gasteiger partial charge on any atom is 0.411 e. The van der Waals surface area contributed by atoms with Crippen LogP contribution in [-0.2, 0) is 14.8 Å². The first-order valence-corrected chi connectivity index (χ1v) is 12.1. The SMILES string of the molecule is CCN(CC)S(=O)(=O)c1cc(-c2ccc3c(c2)N(C(=O)O)C[C@H](C)N3C(C)=O)ccc1OC. The molecule has 178 valence electrons. The highest BCUT2D eigenvalue weighted by molar-refractivity contribution is 7.89. The van der Waals surface area contributed by atoms with E-state index in [1.165, 1.54) is 29.3 Å². The maximum absolute atomic E-state index is 13.2. The average Bonchev–Trinajstić information content (AvgIpc) is 2.77. The molecule has 0 fully saturated rings. The molecule has 0 radical (unpaired) electrons. The molecule has 1 aliphatic rings. The smallest absolute Gasteiger partial charge is 0.411 e. The lowest BCUT2D eigenvalue weighted by Gasteiger charge is -2.39. The monoisotopic (exact) mass is 475 g/mol. The van der Waals surface area contributed by atoms with E-state index in [0.29, 0.717) is 35.6 Å². The molecular formula is C23H29N3O6S. The molecule has 0 saturated heterocycles. The minimum absolute atomic E-state index is 0.0398. The molecule has 0 aromatic heterocycles. The van der Waals surface area contributed by atoms with Crippen LogP contribution in [0.5, 0.6) is 5.75 Å². The first-order chi connectivity index (χ1) is 15.6. The van der Waals surface area contributed by atoms with Gasteiger partial charge in [0.25, 0.3) is 0 Å². The van der Waals surface area contributed by atoms with Gasteiger partial charge < -0.3 is 14.7 Å². The summed E-state index contributed by atoms with van der Waals surface area (Å²) in [5.41, 5.74) is 2.08. The van der Waals surface area contributed by atoms with Gasteiger partial charge in [-0.3, -0.25) is 9.69 Å². The number of benzene rings is 2. The topological polar surface area (TPSA) is 107 Å². The van der Waals surface area contributed by atoms with Crippen LogP contribution in [0.1, 0.15) is 27.7 Å². The van der Waals surface area contributed by atoms with Crippen molar-refractivity contribution in [2.45, 2.75) is 38.6 Å². The van der Waals surface area contributed by atoms with Gasteiger partial charge in [0.2, 0.25) is 15.9 Å². The standard InChI is InChI=1S/C23H29N3O6S/c1-6-24(7-2)33(30,31)22-13-18(9-11-21(22)32-5)17-8-10-19-20(12-17)25(23(28)29)14-15(3)26(19)16(4)27/h8-13,15H,6-7,14H2,1-5H3,(H,28,29)/t15-/m0/s1. The van der Waals surface area contributed by atoms with Crippen LogP contribution in [0.4, 0.5) is 16.2 Å². The Morgan fingerprint density at radius 3 is 2.24 bits per heavy atom. The van der Waals surface area contributed by atoms with Crippen LogP contribution >= 0.6 is 0 Å². The van der Waals surface area contributed by atoms with Crippen molar-refractivity contribution in [3.63, 3.8) is 0 Å². The van der Waals surface area contributed by atoms with Crippen LogP contribution < -0.4 is 14.5 Å². The van der Waals surface area contributed by atoms with E-state index < -0.39 is 16.1 Å². The molecule has 0 aliphatic carbocycles. The summed E-state index contributed by atoms with van der Waals surface area (Å²) in [5.74, 6) is 0.0472. The molecule has 9 nitrogen and oxygen atoms in total. The quantitative estimate of drug-likeness (QED) is 0.684. The van der Waals surface area contributed by atoms with E-state index in [1.54, 1.807) is 56.0 Å². The first-order valence-electron chi connectivity index (χ1n) is 10.7. The van der Waals surface area contributed by atoms with Gasteiger partial charge in [0.05, 0.1) is 24.5 Å². The third-order valence-electron chi connectivity index (χ3n) is 5.80. The molecule has 3 rings (SSSR count). The lowest BCUT2D eigenvalue weighted by molar-refractivity contribution is -0.117. The van der Waals surface area contributed by atoms with E-state index in [4.69, 9.17) is 4.74 Å². The minimum Gasteiger partial charge on any atom is -0.495 e. The van der Waals surface area contributed by atoms with Crippen molar-refractivity contribution in [2.24, 2.45) is 0 Å². The third-order valence-corrected chi connectivity index (χ3v) is 7.87. The zero-order valence-corrected chi connectivity index (χ0v) is 20.2. The van der Waals surface area contributed by atoms with Crippen molar-refractivity contribution < 1.29 is 27.9 Å². The zero-order valence-electron chi connectivity index (χ0n) is 19.4. The molecule has 1 aliphatic heterocycles. The van der Waals surface area contributed by atoms with Gasteiger partial charge in [-0.15, -0.1) is 0 Å². The van der Waals surface area contributed by atoms with Crippen LogP contribution in [0.3, 0.4) is 0 Å². The molecule has 0 saturated carbocycles. The number of carbonyl (C=O) groups is 2. The fraction of sp³-hybridized carbons (Fsp3) is 0.391. The molecule has 2 amide bonds. The summed E-state index contributed by atoms with van der Waals surface area (Å²) in [6.07, 6.45) is -1.12. The van der Waals surface area contributed by atoms with Gasteiger partial charge in [0, 0.05) is 26.6 Å². The fourth-order valence-electron chi connectivity index (χ4n) is 4.23. The Kier molecular flexibility index (Phi) is 6.99. The summed E-state index contributed by atoms with van der Waals surface area (Å²) in [7, 11) is -2.38. The van der Waals surface area contributed by atoms with Gasteiger partial charge in [0.15, 0.2) is 0 Å². The lowest BCUT2D eigenvalue weighted by atomic mass is 10.0. The zero-order chi connectivity index (χ0) is 24.5. The van der Waals surface area contributed by atoms with Gasteiger partial charge in [-0.2, -0.15) is 4.31 Å². The number of carbonyl (C=O) groups excluding carboxylic acids is 1. The number of carboxylic acid groups (broad SMARTS) is 1. The fourth-order valence-corrected chi connectivity index (χ4v) is 5.87. The molecule has 2 aromatic rings. The summed E-state index contributed by atoms with van der Waals surface area (Å²) >= 11 is 0. The Morgan fingerprint density at radius 2 is 1.70 bits per heavy atom. The van der Waals surface area contributed by atoms with E-state index in [1.807, 2.05) is 0 Å². The Bertz CT molecular complexity index is 1180. The highest BCUT2D eigenvalue weighted by Gasteiger charge is 2.34. The number of rotatable bonds is 6. The van der Waals surface area contributed by atoms with Crippen LogP contribution in [-0.4, -0.2) is 62.6 Å². The second-order valence-electron chi connectivity index (χ2n) is 7.79. The van der Waals surface area contributed by atoms with Crippen molar-refractivity contribution in [3.05, 3.63) is 36.4 Å². The van der Waals surface area contributed by atoms with Crippen LogP contribution in [0.15, 0.2) is 41.3 Å². The van der Waals surface area contributed by atoms with E-state index in [0.717, 1.165) is 0 Å². The van der Waals surface area contributed by atoms with Crippen molar-refractivity contribution in [1.29, 1.82) is 0 Å². The highest BCUT2D eigenvalue weighted by atomic mass is 32.2. The van der Waals surface area contributed by atoms with E-state index in [2.05, 4.69) is 0 Å². The number of hydrogen-bond acceptors (Lipinski definition) is 5. The summed E-state index contributed by atoms with van der Waals surface area (Å²) in [6.45, 7) is 7.54. The molecule has 2 aromatic carbocycles. The van der Waals surface area contributed by atoms with Gasteiger partial charge in [-0.1, -0.05) is 26.0 Å².